The molecule has 4 nitrogen and oxygen atoms in total. The molecule has 2 N–H and O–H groups in total. The van der Waals surface area contributed by atoms with E-state index in [9.17, 15) is 0 Å². The van der Waals surface area contributed by atoms with Crippen molar-refractivity contribution in [1.29, 1.82) is 0 Å². The van der Waals surface area contributed by atoms with Gasteiger partial charge in [0.2, 0.25) is 0 Å². The maximum atomic E-state index is 5.75. The van der Waals surface area contributed by atoms with E-state index in [0.29, 0.717) is 0 Å². The maximum Gasteiger partial charge on any atom is 0.0547 e. The Bertz CT molecular complexity index is 335. The summed E-state index contributed by atoms with van der Waals surface area (Å²) in [4.78, 5) is 5.19. The zero-order valence-electron chi connectivity index (χ0n) is 11.1. The molecule has 2 unspecified atom stereocenters. The number of unbranched alkanes of at least 4 members (excludes halogenated alkanes) is 1. The fourth-order valence-corrected chi connectivity index (χ4v) is 4.56. The highest BCUT2D eigenvalue weighted by Crippen LogP contribution is 2.48. The van der Waals surface area contributed by atoms with Gasteiger partial charge in [-0.25, -0.2) is 0 Å². The summed E-state index contributed by atoms with van der Waals surface area (Å²) >= 11 is 0. The van der Waals surface area contributed by atoms with Gasteiger partial charge < -0.3 is 5.84 Å². The lowest BCUT2D eigenvalue weighted by Gasteiger charge is -2.64. The van der Waals surface area contributed by atoms with Crippen molar-refractivity contribution in [2.24, 2.45) is 21.8 Å². The summed E-state index contributed by atoms with van der Waals surface area (Å²) in [6, 6.07) is 0. The number of rotatable bonds is 3. The monoisotopic (exact) mass is 236 g/mol. The van der Waals surface area contributed by atoms with Crippen LogP contribution in [-0.2, 0) is 0 Å². The second kappa shape index (κ2) is 3.69. The van der Waals surface area contributed by atoms with Crippen LogP contribution < -0.4 is 5.84 Å². The first-order valence-corrected chi connectivity index (χ1v) is 6.85. The van der Waals surface area contributed by atoms with Gasteiger partial charge in [0, 0.05) is 37.0 Å². The molecule has 4 aliphatic heterocycles. The number of piperidine rings is 2. The highest BCUT2D eigenvalue weighted by molar-refractivity contribution is 5.97. The van der Waals surface area contributed by atoms with E-state index in [1.807, 2.05) is 0 Å². The molecule has 4 saturated heterocycles. The lowest BCUT2D eigenvalue weighted by molar-refractivity contribution is -0.0824. The molecular weight excluding hydrogens is 212 g/mol. The van der Waals surface area contributed by atoms with Crippen LogP contribution in [0.5, 0.6) is 0 Å². The Hall–Kier alpha value is -0.610. The van der Waals surface area contributed by atoms with Crippen molar-refractivity contribution in [2.75, 3.05) is 32.8 Å². The molecule has 4 heteroatoms. The first kappa shape index (κ1) is 11.5. The number of nitrogens with two attached hydrogens (primary N) is 1. The first-order chi connectivity index (χ1) is 8.12. The minimum atomic E-state index is 0.206. The van der Waals surface area contributed by atoms with E-state index in [1.165, 1.54) is 38.1 Å². The lowest BCUT2D eigenvalue weighted by Crippen LogP contribution is -2.75. The van der Waals surface area contributed by atoms with Crippen LogP contribution in [0.1, 0.15) is 33.1 Å². The summed E-state index contributed by atoms with van der Waals surface area (Å²) in [6.45, 7) is 10.4. The van der Waals surface area contributed by atoms with Crippen LogP contribution in [-0.4, -0.2) is 48.4 Å². The number of hydrogen-bond acceptors (Lipinski definition) is 4. The minimum absolute atomic E-state index is 0.206. The van der Waals surface area contributed by atoms with Gasteiger partial charge in [0.25, 0.3) is 0 Å². The maximum absolute atomic E-state index is 5.75. The summed E-state index contributed by atoms with van der Waals surface area (Å²) in [7, 11) is 0. The van der Waals surface area contributed by atoms with Crippen LogP contribution in [0.2, 0.25) is 0 Å². The van der Waals surface area contributed by atoms with Crippen LogP contribution in [0.3, 0.4) is 0 Å². The van der Waals surface area contributed by atoms with Gasteiger partial charge in [0.05, 0.1) is 12.4 Å². The Morgan fingerprint density at radius 2 is 1.88 bits per heavy atom. The third-order valence-electron chi connectivity index (χ3n) is 4.81. The fourth-order valence-electron chi connectivity index (χ4n) is 4.56. The highest BCUT2D eigenvalue weighted by Gasteiger charge is 2.58. The van der Waals surface area contributed by atoms with E-state index in [2.05, 4.69) is 28.7 Å². The molecule has 4 aliphatic rings. The van der Waals surface area contributed by atoms with Gasteiger partial charge in [-0.05, 0) is 6.42 Å². The molecule has 4 bridgehead atoms. The van der Waals surface area contributed by atoms with Crippen molar-refractivity contribution in [2.45, 2.75) is 33.1 Å². The second-order valence-electron chi connectivity index (χ2n) is 6.54. The van der Waals surface area contributed by atoms with Crippen molar-refractivity contribution >= 4 is 5.71 Å². The van der Waals surface area contributed by atoms with Gasteiger partial charge in [0.15, 0.2) is 0 Å². The normalized spacial score (nSPS) is 50.1. The third kappa shape index (κ3) is 1.54. The molecular formula is C13H24N4. The standard InChI is InChI=1S/C13H24N4/c1-3-4-5-13-8-16-6-12(2,11(13)15-14)7-17(9-13)10-16/h3-10,14H2,1-2H3. The Morgan fingerprint density at radius 1 is 1.24 bits per heavy atom. The zero-order chi connectivity index (χ0) is 12.1. The van der Waals surface area contributed by atoms with Gasteiger partial charge in [-0.1, -0.05) is 26.7 Å². The molecule has 2 atom stereocenters. The first-order valence-electron chi connectivity index (χ1n) is 6.85. The number of hydrazone groups is 1. The topological polar surface area (TPSA) is 44.9 Å². The summed E-state index contributed by atoms with van der Waals surface area (Å²) in [5.74, 6) is 5.75. The summed E-state index contributed by atoms with van der Waals surface area (Å²) in [5, 5.41) is 4.25. The molecule has 0 aliphatic carbocycles. The molecule has 4 fully saturated rings. The van der Waals surface area contributed by atoms with E-state index < -0.39 is 0 Å². The van der Waals surface area contributed by atoms with E-state index in [1.54, 1.807) is 0 Å². The molecule has 0 amide bonds. The predicted octanol–water partition coefficient (Wildman–Crippen LogP) is 1.09. The quantitative estimate of drug-likeness (QED) is 0.589. The summed E-state index contributed by atoms with van der Waals surface area (Å²) in [5.41, 5.74) is 1.77. The van der Waals surface area contributed by atoms with Crippen molar-refractivity contribution in [3.05, 3.63) is 0 Å². The Kier molecular flexibility index (Phi) is 2.49. The molecule has 0 aromatic rings. The van der Waals surface area contributed by atoms with E-state index in [4.69, 9.17) is 5.84 Å². The van der Waals surface area contributed by atoms with Crippen LogP contribution in [0, 0.1) is 10.8 Å². The van der Waals surface area contributed by atoms with Crippen molar-refractivity contribution in [1.82, 2.24) is 9.80 Å². The zero-order valence-corrected chi connectivity index (χ0v) is 11.1. The Labute approximate surface area is 104 Å². The van der Waals surface area contributed by atoms with E-state index in [-0.39, 0.29) is 10.8 Å². The molecule has 0 spiro atoms. The number of nitrogens with zero attached hydrogens (tertiary/aromatic N) is 3. The van der Waals surface area contributed by atoms with E-state index in [0.717, 1.165) is 19.8 Å². The SMILES string of the molecule is CCCCC12CN3CN(CC(C)(C3)C1=NN)C2. The Balaban J connectivity index is 1.96. The van der Waals surface area contributed by atoms with E-state index >= 15 is 0 Å². The molecule has 17 heavy (non-hydrogen) atoms. The van der Waals surface area contributed by atoms with Crippen LogP contribution in [0.4, 0.5) is 0 Å². The van der Waals surface area contributed by atoms with Crippen LogP contribution >= 0.6 is 0 Å². The average Bonchev–Trinajstić information content (AvgIpc) is 2.24. The molecule has 4 rings (SSSR count). The second-order valence-corrected chi connectivity index (χ2v) is 6.54. The van der Waals surface area contributed by atoms with Crippen molar-refractivity contribution in [3.63, 3.8) is 0 Å². The summed E-state index contributed by atoms with van der Waals surface area (Å²) in [6.07, 6.45) is 3.80. The van der Waals surface area contributed by atoms with Crippen LogP contribution in [0.25, 0.3) is 0 Å². The smallest absolute Gasteiger partial charge is 0.0547 e. The number of hydrogen-bond donors (Lipinski definition) is 1. The van der Waals surface area contributed by atoms with Crippen molar-refractivity contribution in [3.8, 4) is 0 Å². The predicted molar refractivity (Wildman–Crippen MR) is 69.7 cm³/mol. The van der Waals surface area contributed by atoms with Gasteiger partial charge in [-0.2, -0.15) is 5.10 Å². The highest BCUT2D eigenvalue weighted by atomic mass is 15.4. The van der Waals surface area contributed by atoms with Crippen LogP contribution in [0.15, 0.2) is 5.10 Å². The molecule has 0 saturated carbocycles. The average molecular weight is 236 g/mol. The van der Waals surface area contributed by atoms with Gasteiger partial charge in [-0.15, -0.1) is 0 Å². The molecule has 0 radical (unpaired) electrons. The molecule has 96 valence electrons. The van der Waals surface area contributed by atoms with Gasteiger partial charge in [-0.3, -0.25) is 9.80 Å². The molecule has 4 heterocycles. The van der Waals surface area contributed by atoms with Gasteiger partial charge >= 0.3 is 0 Å². The van der Waals surface area contributed by atoms with Crippen molar-refractivity contribution < 1.29 is 0 Å². The third-order valence-corrected chi connectivity index (χ3v) is 4.81. The molecule has 0 aromatic carbocycles. The van der Waals surface area contributed by atoms with Gasteiger partial charge in [0.1, 0.15) is 0 Å². The lowest BCUT2D eigenvalue weighted by atomic mass is 9.59. The Morgan fingerprint density at radius 3 is 2.41 bits per heavy atom. The molecule has 0 aromatic heterocycles. The summed E-state index contributed by atoms with van der Waals surface area (Å²) < 4.78 is 0. The fraction of sp³-hybridized carbons (Fsp3) is 0.923. The minimum Gasteiger partial charge on any atom is -0.323 e. The largest absolute Gasteiger partial charge is 0.323 e.